The molecule has 0 spiro atoms. The van der Waals surface area contributed by atoms with Gasteiger partial charge in [-0.25, -0.2) is 14.7 Å². The molecule has 4 rings (SSSR count). The van der Waals surface area contributed by atoms with Gasteiger partial charge in [-0.3, -0.25) is 9.59 Å². The molecule has 12 heteroatoms. The SMILES string of the molecule is COC(=O)C(=O)N(CCCC(=O)c1ccc(OCc2ccc(OC)cc2)c(OCc2ccc(OC)cc2)c1Cl)OC1CCCCO1. The molecule has 1 fully saturated rings. The summed E-state index contributed by atoms with van der Waals surface area (Å²) in [6.45, 7) is 0.832. The first kappa shape index (κ1) is 34.6. The highest BCUT2D eigenvalue weighted by Gasteiger charge is 2.28. The number of ether oxygens (including phenoxy) is 6. The van der Waals surface area contributed by atoms with E-state index in [0.29, 0.717) is 24.5 Å². The summed E-state index contributed by atoms with van der Waals surface area (Å²) in [6.07, 6.45) is 1.85. The molecule has 1 saturated heterocycles. The number of ketones is 1. The van der Waals surface area contributed by atoms with Crippen molar-refractivity contribution in [1.82, 2.24) is 5.06 Å². The molecule has 1 aliphatic heterocycles. The third-order valence-electron chi connectivity index (χ3n) is 7.19. The Hall–Kier alpha value is -4.32. The standard InChI is InChI=1S/C34H38ClNO10/c1-40-25-13-9-23(10-14-25)21-44-29-18-17-27(31(35)32(29)45-22-24-11-15-26(41-2)16-12-24)28(37)7-6-19-36(33(38)34(39)42-3)46-30-8-4-5-20-43-30/h9-18,30H,4-8,19-22H2,1-3H3. The highest BCUT2D eigenvalue weighted by atomic mass is 35.5. The van der Waals surface area contributed by atoms with Crippen molar-refractivity contribution in [3.8, 4) is 23.0 Å². The van der Waals surface area contributed by atoms with Crippen LogP contribution >= 0.6 is 11.6 Å². The molecule has 0 radical (unpaired) electrons. The van der Waals surface area contributed by atoms with Crippen LogP contribution in [0.4, 0.5) is 0 Å². The van der Waals surface area contributed by atoms with Gasteiger partial charge in [-0.15, -0.1) is 0 Å². The number of carbonyl (C=O) groups is 3. The molecule has 1 unspecified atom stereocenters. The maximum absolute atomic E-state index is 13.4. The molecular weight excluding hydrogens is 618 g/mol. The molecule has 0 aliphatic carbocycles. The Morgan fingerprint density at radius 2 is 1.48 bits per heavy atom. The number of hydrogen-bond donors (Lipinski definition) is 0. The second-order valence-corrected chi connectivity index (χ2v) is 10.7. The zero-order chi connectivity index (χ0) is 32.9. The maximum Gasteiger partial charge on any atom is 0.399 e. The number of amides is 1. The van der Waals surface area contributed by atoms with Crippen LogP contribution in [0.15, 0.2) is 60.7 Å². The predicted octanol–water partition coefficient (Wildman–Crippen LogP) is 5.94. The van der Waals surface area contributed by atoms with Gasteiger partial charge in [0, 0.05) is 31.6 Å². The van der Waals surface area contributed by atoms with E-state index in [2.05, 4.69) is 4.74 Å². The Labute approximate surface area is 273 Å². The number of hydroxylamine groups is 2. The van der Waals surface area contributed by atoms with E-state index >= 15 is 0 Å². The molecule has 3 aromatic rings. The third-order valence-corrected chi connectivity index (χ3v) is 7.57. The van der Waals surface area contributed by atoms with Crippen molar-refractivity contribution in [2.45, 2.75) is 51.6 Å². The van der Waals surface area contributed by atoms with Gasteiger partial charge in [0.1, 0.15) is 24.7 Å². The van der Waals surface area contributed by atoms with E-state index in [-0.39, 0.29) is 54.7 Å². The molecule has 1 atom stereocenters. The first-order valence-corrected chi connectivity index (χ1v) is 15.3. The van der Waals surface area contributed by atoms with Crippen LogP contribution in [-0.4, -0.2) is 63.5 Å². The maximum atomic E-state index is 13.4. The molecular formula is C34H38ClNO10. The molecule has 0 bridgehead atoms. The summed E-state index contributed by atoms with van der Waals surface area (Å²) in [5.41, 5.74) is 1.97. The summed E-state index contributed by atoms with van der Waals surface area (Å²) in [5, 5.41) is 0.996. The minimum atomic E-state index is -1.07. The quantitative estimate of drug-likeness (QED) is 0.0842. The van der Waals surface area contributed by atoms with Crippen molar-refractivity contribution in [2.75, 3.05) is 34.5 Å². The molecule has 11 nitrogen and oxygen atoms in total. The lowest BCUT2D eigenvalue weighted by atomic mass is 10.1. The van der Waals surface area contributed by atoms with Crippen LogP contribution in [0.2, 0.25) is 5.02 Å². The highest BCUT2D eigenvalue weighted by molar-refractivity contribution is 6.35. The van der Waals surface area contributed by atoms with Crippen molar-refractivity contribution < 1.29 is 47.6 Å². The number of carbonyl (C=O) groups excluding carboxylic acids is 3. The number of methoxy groups -OCH3 is 3. The van der Waals surface area contributed by atoms with Gasteiger partial charge in [-0.1, -0.05) is 35.9 Å². The molecule has 0 N–H and O–H groups in total. The van der Waals surface area contributed by atoms with Gasteiger partial charge >= 0.3 is 11.9 Å². The first-order chi connectivity index (χ1) is 22.3. The lowest BCUT2D eigenvalue weighted by molar-refractivity contribution is -0.279. The topological polar surface area (TPSA) is 119 Å². The number of esters is 1. The van der Waals surface area contributed by atoms with Crippen molar-refractivity contribution in [3.63, 3.8) is 0 Å². The monoisotopic (exact) mass is 655 g/mol. The fraction of sp³-hybridized carbons (Fsp3) is 0.382. The zero-order valence-electron chi connectivity index (χ0n) is 26.1. The molecule has 1 heterocycles. The van der Waals surface area contributed by atoms with Gasteiger partial charge in [-0.05, 0) is 66.8 Å². The summed E-state index contributed by atoms with van der Waals surface area (Å²) < 4.78 is 32.8. The molecule has 0 aromatic heterocycles. The fourth-order valence-corrected chi connectivity index (χ4v) is 4.92. The van der Waals surface area contributed by atoms with E-state index in [9.17, 15) is 14.4 Å². The number of Topliss-reactive ketones (excluding diaryl/α,β-unsaturated/α-hetero) is 1. The van der Waals surface area contributed by atoms with Gasteiger partial charge in [0.2, 0.25) is 0 Å². The molecule has 46 heavy (non-hydrogen) atoms. The second-order valence-electron chi connectivity index (χ2n) is 10.4. The second kappa shape index (κ2) is 17.4. The van der Waals surface area contributed by atoms with Crippen LogP contribution in [0.1, 0.15) is 53.6 Å². The van der Waals surface area contributed by atoms with E-state index in [0.717, 1.165) is 41.9 Å². The number of nitrogens with zero attached hydrogens (tertiary/aromatic N) is 1. The smallest absolute Gasteiger partial charge is 0.399 e. The van der Waals surface area contributed by atoms with Crippen LogP contribution in [0.25, 0.3) is 0 Å². The summed E-state index contributed by atoms with van der Waals surface area (Å²) in [5.74, 6) is -0.325. The molecule has 0 saturated carbocycles. The Balaban J connectivity index is 1.47. The molecule has 1 amide bonds. The lowest BCUT2D eigenvalue weighted by Crippen LogP contribution is -2.42. The number of halogens is 1. The Bertz CT molecular complexity index is 1460. The average molecular weight is 656 g/mol. The van der Waals surface area contributed by atoms with E-state index < -0.39 is 18.2 Å². The number of rotatable bonds is 15. The molecule has 1 aliphatic rings. The summed E-state index contributed by atoms with van der Waals surface area (Å²) >= 11 is 6.80. The van der Waals surface area contributed by atoms with Gasteiger partial charge in [0.05, 0.1) is 26.4 Å². The zero-order valence-corrected chi connectivity index (χ0v) is 26.9. The largest absolute Gasteiger partial charge is 0.497 e. The average Bonchev–Trinajstić information content (AvgIpc) is 3.10. The van der Waals surface area contributed by atoms with Crippen molar-refractivity contribution in [2.24, 2.45) is 0 Å². The summed E-state index contributed by atoms with van der Waals surface area (Å²) in [6, 6.07) is 18.0. The third kappa shape index (κ3) is 9.59. The van der Waals surface area contributed by atoms with Crippen LogP contribution in [-0.2, 0) is 37.1 Å². The van der Waals surface area contributed by atoms with Gasteiger partial charge in [0.15, 0.2) is 23.6 Å². The summed E-state index contributed by atoms with van der Waals surface area (Å²) in [4.78, 5) is 43.5. The number of benzene rings is 3. The van der Waals surface area contributed by atoms with Crippen molar-refractivity contribution >= 4 is 29.3 Å². The van der Waals surface area contributed by atoms with Crippen LogP contribution in [0, 0.1) is 0 Å². The van der Waals surface area contributed by atoms with Gasteiger partial charge in [-0.2, -0.15) is 0 Å². The van der Waals surface area contributed by atoms with Crippen LogP contribution in [0.5, 0.6) is 23.0 Å². The number of hydrogen-bond acceptors (Lipinski definition) is 10. The van der Waals surface area contributed by atoms with E-state index in [1.807, 2.05) is 48.5 Å². The van der Waals surface area contributed by atoms with Gasteiger partial charge < -0.3 is 28.4 Å². The highest BCUT2D eigenvalue weighted by Crippen LogP contribution is 2.39. The van der Waals surface area contributed by atoms with E-state index in [1.165, 1.54) is 0 Å². The fourth-order valence-electron chi connectivity index (χ4n) is 4.61. The Kier molecular flexibility index (Phi) is 13.1. The van der Waals surface area contributed by atoms with Crippen molar-refractivity contribution in [1.29, 1.82) is 0 Å². The van der Waals surface area contributed by atoms with E-state index in [4.69, 9.17) is 40.1 Å². The first-order valence-electron chi connectivity index (χ1n) is 14.9. The molecule has 3 aromatic carbocycles. The normalized spacial score (nSPS) is 14.2. The van der Waals surface area contributed by atoms with Gasteiger partial charge in [0.25, 0.3) is 0 Å². The minimum absolute atomic E-state index is 0.00350. The predicted molar refractivity (Wildman–Crippen MR) is 168 cm³/mol. The lowest BCUT2D eigenvalue weighted by Gasteiger charge is -2.28. The minimum Gasteiger partial charge on any atom is -0.497 e. The van der Waals surface area contributed by atoms with E-state index in [1.54, 1.807) is 26.4 Å². The Morgan fingerprint density at radius 1 is 0.848 bits per heavy atom. The van der Waals surface area contributed by atoms with Crippen molar-refractivity contribution in [3.05, 3.63) is 82.4 Å². The Morgan fingerprint density at radius 3 is 2.04 bits per heavy atom. The van der Waals surface area contributed by atoms with Crippen LogP contribution in [0.3, 0.4) is 0 Å². The molecule has 246 valence electrons. The summed E-state index contributed by atoms with van der Waals surface area (Å²) in [7, 11) is 4.30. The van der Waals surface area contributed by atoms with Crippen LogP contribution < -0.4 is 18.9 Å².